The maximum atomic E-state index is 12.2. The predicted molar refractivity (Wildman–Crippen MR) is 55.2 cm³/mol. The summed E-state index contributed by atoms with van der Waals surface area (Å²) in [6, 6.07) is 8.38. The summed E-state index contributed by atoms with van der Waals surface area (Å²) in [5.41, 5.74) is 0.528. The molecule has 0 saturated heterocycles. The van der Waals surface area contributed by atoms with Crippen LogP contribution in [0.5, 0.6) is 0 Å². The molecule has 88 valence electrons. The van der Waals surface area contributed by atoms with Crippen molar-refractivity contribution in [3.05, 3.63) is 35.9 Å². The van der Waals surface area contributed by atoms with E-state index in [0.29, 0.717) is 5.56 Å². The zero-order chi connectivity index (χ0) is 12.2. The Morgan fingerprint density at radius 1 is 1.44 bits per heavy atom. The average Bonchev–Trinajstić information content (AvgIpc) is 2.25. The Hall–Kier alpha value is -1.20. The van der Waals surface area contributed by atoms with Crippen molar-refractivity contribution in [1.82, 2.24) is 5.32 Å². The molecule has 2 N–H and O–H groups in total. The first-order valence-electron chi connectivity index (χ1n) is 4.49. The molecular formula is C10H10ClF2NO2. The van der Waals surface area contributed by atoms with Crippen LogP contribution in [0.15, 0.2) is 30.3 Å². The molecule has 0 saturated carbocycles. The smallest absolute Gasteiger partial charge is 0.387 e. The van der Waals surface area contributed by atoms with E-state index >= 15 is 0 Å². The first kappa shape index (κ1) is 12.9. The van der Waals surface area contributed by atoms with E-state index in [0.717, 1.165) is 0 Å². The summed E-state index contributed by atoms with van der Waals surface area (Å²) in [4.78, 5) is 10.7. The molecule has 0 radical (unpaired) electrons. The van der Waals surface area contributed by atoms with Crippen molar-refractivity contribution in [1.29, 1.82) is 0 Å². The van der Waals surface area contributed by atoms with E-state index < -0.39 is 17.4 Å². The molecule has 6 heteroatoms. The van der Waals surface area contributed by atoms with Gasteiger partial charge < -0.3 is 10.4 Å². The predicted octanol–water partition coefficient (Wildman–Crippen LogP) is 1.67. The highest BCUT2D eigenvalue weighted by Crippen LogP contribution is 2.19. The molecular weight excluding hydrogens is 240 g/mol. The molecule has 1 amide bonds. The lowest BCUT2D eigenvalue weighted by molar-refractivity contribution is -0.136. The molecule has 0 unspecified atom stereocenters. The quantitative estimate of drug-likeness (QED) is 0.798. The van der Waals surface area contributed by atoms with E-state index in [1.807, 2.05) is 5.32 Å². The maximum absolute atomic E-state index is 12.2. The third-order valence-electron chi connectivity index (χ3n) is 1.90. The van der Waals surface area contributed by atoms with Crippen LogP contribution in [0.4, 0.5) is 8.78 Å². The van der Waals surface area contributed by atoms with Crippen LogP contribution < -0.4 is 5.32 Å². The van der Waals surface area contributed by atoms with Gasteiger partial charge in [0, 0.05) is 6.54 Å². The number of benzene rings is 1. The van der Waals surface area contributed by atoms with Crippen molar-refractivity contribution in [3.63, 3.8) is 0 Å². The molecule has 3 nitrogen and oxygen atoms in total. The fraction of sp³-hybridized carbons (Fsp3) is 0.300. The van der Waals surface area contributed by atoms with Crippen molar-refractivity contribution in [2.75, 3.05) is 6.54 Å². The van der Waals surface area contributed by atoms with E-state index in [-0.39, 0.29) is 6.54 Å². The van der Waals surface area contributed by atoms with Gasteiger partial charge in [-0.15, -0.1) is 0 Å². The second-order valence-electron chi connectivity index (χ2n) is 3.13. The highest BCUT2D eigenvalue weighted by molar-refractivity contribution is 6.32. The summed E-state index contributed by atoms with van der Waals surface area (Å²) in [6.45, 7) is -0.314. The Labute approximate surface area is 96.0 Å². The van der Waals surface area contributed by atoms with Gasteiger partial charge in [-0.05, 0) is 17.2 Å². The first-order chi connectivity index (χ1) is 7.41. The summed E-state index contributed by atoms with van der Waals surface area (Å²) in [5, 5.41) is 7.43. The summed E-state index contributed by atoms with van der Waals surface area (Å²) >= 11 is 4.49. The van der Waals surface area contributed by atoms with Crippen LogP contribution in [0.2, 0.25) is 0 Å². The van der Waals surface area contributed by atoms with Crippen molar-refractivity contribution < 1.29 is 18.7 Å². The summed E-state index contributed by atoms with van der Waals surface area (Å²) in [5.74, 6) is -1.62. The molecule has 0 fully saturated rings. The molecule has 16 heavy (non-hydrogen) atoms. The van der Waals surface area contributed by atoms with Gasteiger partial charge in [0.25, 0.3) is 0 Å². The minimum Gasteiger partial charge on any atom is -0.387 e. The van der Waals surface area contributed by atoms with Crippen molar-refractivity contribution in [3.8, 4) is 0 Å². The topological polar surface area (TPSA) is 49.3 Å². The van der Waals surface area contributed by atoms with Gasteiger partial charge in [-0.2, -0.15) is 8.78 Å². The van der Waals surface area contributed by atoms with Gasteiger partial charge in [0.2, 0.25) is 0 Å². The number of amides is 1. The minimum atomic E-state index is -3.95. The number of aliphatic hydroxyl groups excluding tert-OH is 1. The lowest BCUT2D eigenvalue weighted by atomic mass is 10.1. The van der Waals surface area contributed by atoms with Crippen LogP contribution in [0.1, 0.15) is 11.7 Å². The average molecular weight is 250 g/mol. The number of nitrogens with one attached hydrogen (secondary N) is 1. The van der Waals surface area contributed by atoms with Crippen LogP contribution in [0.25, 0.3) is 0 Å². The van der Waals surface area contributed by atoms with Gasteiger partial charge >= 0.3 is 11.3 Å². The van der Waals surface area contributed by atoms with E-state index in [9.17, 15) is 18.7 Å². The van der Waals surface area contributed by atoms with Gasteiger partial charge in [0.05, 0.1) is 6.10 Å². The number of hydrogen-bond donors (Lipinski definition) is 2. The Morgan fingerprint density at radius 3 is 2.50 bits per heavy atom. The highest BCUT2D eigenvalue weighted by Gasteiger charge is 2.35. The zero-order valence-electron chi connectivity index (χ0n) is 8.16. The van der Waals surface area contributed by atoms with Crippen LogP contribution in [-0.4, -0.2) is 22.9 Å². The SMILES string of the molecule is O=C(NC[C@@H](O)c1ccccc1)C(F)(F)Cl. The van der Waals surface area contributed by atoms with Gasteiger partial charge in [0.15, 0.2) is 0 Å². The van der Waals surface area contributed by atoms with Crippen LogP contribution >= 0.6 is 11.6 Å². The molecule has 1 aromatic rings. The van der Waals surface area contributed by atoms with Crippen LogP contribution in [0.3, 0.4) is 0 Å². The summed E-state index contributed by atoms with van der Waals surface area (Å²) < 4.78 is 24.5. The maximum Gasteiger partial charge on any atom is 0.399 e. The number of hydrogen-bond acceptors (Lipinski definition) is 2. The van der Waals surface area contributed by atoms with E-state index in [2.05, 4.69) is 11.6 Å². The number of rotatable bonds is 4. The lowest BCUT2D eigenvalue weighted by Crippen LogP contribution is -2.38. The Kier molecular flexibility index (Phi) is 4.20. The van der Waals surface area contributed by atoms with E-state index in [4.69, 9.17) is 0 Å². The fourth-order valence-corrected chi connectivity index (χ4v) is 1.15. The standard InChI is InChI=1S/C10H10ClF2NO2/c11-10(12,13)9(16)14-6-8(15)7-4-2-1-3-5-7/h1-5,8,15H,6H2,(H,14,16)/t8-/m1/s1. The molecule has 0 aliphatic carbocycles. The van der Waals surface area contributed by atoms with Crippen molar-refractivity contribution in [2.45, 2.75) is 11.5 Å². The monoisotopic (exact) mass is 249 g/mol. The number of alkyl halides is 3. The first-order valence-corrected chi connectivity index (χ1v) is 4.87. The van der Waals surface area contributed by atoms with Gasteiger partial charge in [-0.1, -0.05) is 30.3 Å². The van der Waals surface area contributed by atoms with E-state index in [1.165, 1.54) is 0 Å². The number of halogens is 3. The number of carbonyl (C=O) groups excluding carboxylic acids is 1. The largest absolute Gasteiger partial charge is 0.399 e. The third kappa shape index (κ3) is 3.75. The van der Waals surface area contributed by atoms with Crippen LogP contribution in [0, 0.1) is 0 Å². The second kappa shape index (κ2) is 5.23. The molecule has 0 bridgehead atoms. The minimum absolute atomic E-state index is 0.314. The summed E-state index contributed by atoms with van der Waals surface area (Å²) in [7, 11) is 0. The van der Waals surface area contributed by atoms with Gasteiger partial charge in [-0.25, -0.2) is 0 Å². The van der Waals surface area contributed by atoms with Crippen LogP contribution in [-0.2, 0) is 4.79 Å². The fourth-order valence-electron chi connectivity index (χ4n) is 1.08. The van der Waals surface area contributed by atoms with Gasteiger partial charge in [-0.3, -0.25) is 4.79 Å². The summed E-state index contributed by atoms with van der Waals surface area (Å²) in [6.07, 6.45) is -1.04. The molecule has 0 spiro atoms. The van der Waals surface area contributed by atoms with E-state index in [1.54, 1.807) is 30.3 Å². The Bertz CT molecular complexity index is 354. The Balaban J connectivity index is 2.48. The highest BCUT2D eigenvalue weighted by atomic mass is 35.5. The molecule has 0 aliphatic rings. The molecule has 0 aromatic heterocycles. The molecule has 1 rings (SSSR count). The van der Waals surface area contributed by atoms with Crippen molar-refractivity contribution >= 4 is 17.5 Å². The number of carbonyl (C=O) groups is 1. The normalized spacial score (nSPS) is 13.2. The molecule has 0 heterocycles. The molecule has 1 atom stereocenters. The van der Waals surface area contributed by atoms with Gasteiger partial charge in [0.1, 0.15) is 0 Å². The lowest BCUT2D eigenvalue weighted by Gasteiger charge is -2.13. The molecule has 0 aliphatic heterocycles. The van der Waals surface area contributed by atoms with Crippen molar-refractivity contribution in [2.24, 2.45) is 0 Å². The zero-order valence-corrected chi connectivity index (χ0v) is 8.92. The second-order valence-corrected chi connectivity index (χ2v) is 3.61. The molecule has 1 aromatic carbocycles. The third-order valence-corrected chi connectivity index (χ3v) is 2.07. The number of aliphatic hydroxyl groups is 1. The Morgan fingerprint density at radius 2 is 2.00 bits per heavy atom.